The van der Waals surface area contributed by atoms with E-state index in [0.29, 0.717) is 24.0 Å². The lowest BCUT2D eigenvalue weighted by Crippen LogP contribution is -2.12. The van der Waals surface area contributed by atoms with Crippen molar-refractivity contribution in [2.45, 2.75) is 26.2 Å². The van der Waals surface area contributed by atoms with Gasteiger partial charge in [0.2, 0.25) is 0 Å². The lowest BCUT2D eigenvalue weighted by Gasteiger charge is -2.20. The predicted octanol–water partition coefficient (Wildman–Crippen LogP) is 3.18. The fraction of sp³-hybridized carbons (Fsp3) is 0.333. The van der Waals surface area contributed by atoms with Crippen LogP contribution in [0.2, 0.25) is 0 Å². The summed E-state index contributed by atoms with van der Waals surface area (Å²) in [5.41, 5.74) is 3.45. The van der Waals surface area contributed by atoms with Crippen molar-refractivity contribution in [3.8, 4) is 11.3 Å². The van der Waals surface area contributed by atoms with Gasteiger partial charge < -0.3 is 9.26 Å². The molecule has 0 saturated heterocycles. The first kappa shape index (κ1) is 12.0. The van der Waals surface area contributed by atoms with Crippen LogP contribution in [0.25, 0.3) is 11.3 Å². The van der Waals surface area contributed by atoms with Gasteiger partial charge in [0.05, 0.1) is 6.61 Å². The summed E-state index contributed by atoms with van der Waals surface area (Å²) >= 11 is 0. The molecule has 0 amide bonds. The smallest absolute Gasteiger partial charge is 0.360 e. The van der Waals surface area contributed by atoms with Crippen LogP contribution in [0, 0.1) is 0 Å². The number of nitrogens with zero attached hydrogens (tertiary/aromatic N) is 1. The van der Waals surface area contributed by atoms with E-state index in [1.54, 1.807) is 6.92 Å². The maximum absolute atomic E-state index is 11.9. The van der Waals surface area contributed by atoms with E-state index in [2.05, 4.69) is 18.1 Å². The second kappa shape index (κ2) is 4.53. The molecule has 1 heterocycles. The average molecular weight is 257 g/mol. The molecule has 1 aromatic heterocycles. The van der Waals surface area contributed by atoms with Crippen LogP contribution in [0.5, 0.6) is 0 Å². The first-order valence-corrected chi connectivity index (χ1v) is 6.47. The predicted molar refractivity (Wildman–Crippen MR) is 70.0 cm³/mol. The Bertz CT molecular complexity index is 630. The standard InChI is InChI=1S/C15H15NO3/c1-3-18-15(17)13-12-8-9(2)10-6-4-5-7-11(10)14(12)19-16-13/h4-7,9H,3,8H2,1-2H3/t9-/m1/s1. The molecule has 4 nitrogen and oxygen atoms in total. The molecule has 0 unspecified atom stereocenters. The first-order valence-electron chi connectivity index (χ1n) is 6.47. The molecule has 0 spiro atoms. The zero-order valence-corrected chi connectivity index (χ0v) is 11.0. The molecule has 0 bridgehead atoms. The average Bonchev–Trinajstić information content (AvgIpc) is 2.83. The third-order valence-electron chi connectivity index (χ3n) is 3.50. The molecule has 1 atom stereocenters. The molecule has 4 heteroatoms. The molecule has 2 aromatic rings. The fourth-order valence-corrected chi connectivity index (χ4v) is 2.62. The number of carbonyl (C=O) groups excluding carboxylic acids is 1. The van der Waals surface area contributed by atoms with Gasteiger partial charge in [-0.05, 0) is 24.8 Å². The fourth-order valence-electron chi connectivity index (χ4n) is 2.62. The Kier molecular flexibility index (Phi) is 2.85. The number of hydrogen-bond acceptors (Lipinski definition) is 4. The van der Waals surface area contributed by atoms with E-state index < -0.39 is 5.97 Å². The number of hydrogen-bond donors (Lipinski definition) is 0. The molecule has 19 heavy (non-hydrogen) atoms. The Balaban J connectivity index is 2.11. The monoisotopic (exact) mass is 257 g/mol. The van der Waals surface area contributed by atoms with Crippen LogP contribution in [0.15, 0.2) is 28.8 Å². The van der Waals surface area contributed by atoms with Gasteiger partial charge in [0.15, 0.2) is 11.5 Å². The number of rotatable bonds is 2. The van der Waals surface area contributed by atoms with Crippen molar-refractivity contribution in [2.24, 2.45) is 0 Å². The minimum Gasteiger partial charge on any atom is -0.461 e. The normalized spacial score (nSPS) is 16.6. The zero-order chi connectivity index (χ0) is 13.4. The maximum atomic E-state index is 11.9. The quantitative estimate of drug-likeness (QED) is 0.775. The van der Waals surface area contributed by atoms with Crippen LogP contribution >= 0.6 is 0 Å². The Morgan fingerprint density at radius 1 is 1.47 bits per heavy atom. The van der Waals surface area contributed by atoms with Crippen LogP contribution in [-0.2, 0) is 11.2 Å². The SMILES string of the molecule is CCOC(=O)c1noc2c1C[C@@H](C)c1ccccc1-2. The minimum atomic E-state index is -0.404. The third kappa shape index (κ3) is 1.84. The number of ether oxygens (including phenoxy) is 1. The lowest BCUT2D eigenvalue weighted by molar-refractivity contribution is 0.0513. The summed E-state index contributed by atoms with van der Waals surface area (Å²) < 4.78 is 10.4. The molecule has 3 rings (SSSR count). The van der Waals surface area contributed by atoms with Crippen LogP contribution in [-0.4, -0.2) is 17.7 Å². The highest BCUT2D eigenvalue weighted by molar-refractivity contribution is 5.91. The molecule has 0 aliphatic heterocycles. The highest BCUT2D eigenvalue weighted by Gasteiger charge is 2.31. The molecule has 98 valence electrons. The summed E-state index contributed by atoms with van der Waals surface area (Å²) in [6.07, 6.45) is 0.754. The Labute approximate surface area is 111 Å². The van der Waals surface area contributed by atoms with Crippen molar-refractivity contribution in [2.75, 3.05) is 6.61 Å². The van der Waals surface area contributed by atoms with E-state index in [-0.39, 0.29) is 0 Å². The van der Waals surface area contributed by atoms with E-state index in [4.69, 9.17) is 9.26 Å². The van der Waals surface area contributed by atoms with Crippen molar-refractivity contribution in [3.63, 3.8) is 0 Å². The molecule has 0 fully saturated rings. The van der Waals surface area contributed by atoms with Crippen molar-refractivity contribution in [3.05, 3.63) is 41.1 Å². The van der Waals surface area contributed by atoms with Crippen LogP contribution in [0.4, 0.5) is 0 Å². The molecular formula is C15H15NO3. The number of carbonyl (C=O) groups is 1. The van der Waals surface area contributed by atoms with Crippen molar-refractivity contribution < 1.29 is 14.1 Å². The molecule has 0 N–H and O–H groups in total. The van der Waals surface area contributed by atoms with Crippen molar-refractivity contribution >= 4 is 5.97 Å². The molecule has 1 aliphatic rings. The van der Waals surface area contributed by atoms with E-state index in [1.807, 2.05) is 18.2 Å². The van der Waals surface area contributed by atoms with Gasteiger partial charge in [0, 0.05) is 11.1 Å². The van der Waals surface area contributed by atoms with Gasteiger partial charge in [-0.3, -0.25) is 0 Å². The van der Waals surface area contributed by atoms with Gasteiger partial charge in [-0.15, -0.1) is 0 Å². The van der Waals surface area contributed by atoms with Crippen LogP contribution in [0.3, 0.4) is 0 Å². The number of benzene rings is 1. The summed E-state index contributed by atoms with van der Waals surface area (Å²) in [6, 6.07) is 8.08. The van der Waals surface area contributed by atoms with Crippen LogP contribution in [0.1, 0.15) is 41.4 Å². The first-order chi connectivity index (χ1) is 9.22. The number of aromatic nitrogens is 1. The van der Waals surface area contributed by atoms with Gasteiger partial charge in [-0.2, -0.15) is 0 Å². The summed E-state index contributed by atoms with van der Waals surface area (Å²) in [4.78, 5) is 11.9. The van der Waals surface area contributed by atoms with E-state index in [0.717, 1.165) is 17.5 Å². The van der Waals surface area contributed by atoms with Gasteiger partial charge >= 0.3 is 5.97 Å². The summed E-state index contributed by atoms with van der Waals surface area (Å²) in [6.45, 7) is 4.26. The summed E-state index contributed by atoms with van der Waals surface area (Å²) in [5.74, 6) is 0.645. The third-order valence-corrected chi connectivity index (χ3v) is 3.50. The Hall–Kier alpha value is -2.10. The second-order valence-corrected chi connectivity index (χ2v) is 4.75. The van der Waals surface area contributed by atoms with Crippen molar-refractivity contribution in [1.29, 1.82) is 0 Å². The largest absolute Gasteiger partial charge is 0.461 e. The summed E-state index contributed by atoms with van der Waals surface area (Å²) in [5, 5.41) is 3.90. The molecule has 1 aliphatic carbocycles. The number of esters is 1. The van der Waals surface area contributed by atoms with Gasteiger partial charge in [-0.1, -0.05) is 36.3 Å². The number of fused-ring (bicyclic) bond motifs is 3. The molecule has 0 saturated carbocycles. The summed E-state index contributed by atoms with van der Waals surface area (Å²) in [7, 11) is 0. The molecule has 0 radical (unpaired) electrons. The maximum Gasteiger partial charge on any atom is 0.360 e. The van der Waals surface area contributed by atoms with E-state index >= 15 is 0 Å². The van der Waals surface area contributed by atoms with Crippen molar-refractivity contribution in [1.82, 2.24) is 5.16 Å². The van der Waals surface area contributed by atoms with E-state index in [9.17, 15) is 4.79 Å². The molecule has 1 aromatic carbocycles. The highest BCUT2D eigenvalue weighted by Crippen LogP contribution is 2.40. The lowest BCUT2D eigenvalue weighted by atomic mass is 9.82. The second-order valence-electron chi connectivity index (χ2n) is 4.75. The van der Waals surface area contributed by atoms with E-state index in [1.165, 1.54) is 5.56 Å². The van der Waals surface area contributed by atoms with Gasteiger partial charge in [0.25, 0.3) is 0 Å². The topological polar surface area (TPSA) is 52.3 Å². The zero-order valence-electron chi connectivity index (χ0n) is 11.0. The Morgan fingerprint density at radius 3 is 3.05 bits per heavy atom. The van der Waals surface area contributed by atoms with Gasteiger partial charge in [0.1, 0.15) is 0 Å². The van der Waals surface area contributed by atoms with Gasteiger partial charge in [-0.25, -0.2) is 4.79 Å². The minimum absolute atomic E-state index is 0.318. The Morgan fingerprint density at radius 2 is 2.26 bits per heavy atom. The van der Waals surface area contributed by atoms with Crippen LogP contribution < -0.4 is 0 Å². The highest BCUT2D eigenvalue weighted by atomic mass is 16.5. The molecular weight excluding hydrogens is 242 g/mol.